The summed E-state index contributed by atoms with van der Waals surface area (Å²) in [5.41, 5.74) is 0.272. The van der Waals surface area contributed by atoms with E-state index in [1.54, 1.807) is 31.4 Å². The lowest BCUT2D eigenvalue weighted by molar-refractivity contribution is -0.153. The molecular weight excluding hydrogens is 534 g/mol. The Bertz CT molecular complexity index is 1290. The summed E-state index contributed by atoms with van der Waals surface area (Å²) in [6.07, 6.45) is 2.83. The molecule has 3 aromatic rings. The van der Waals surface area contributed by atoms with Crippen LogP contribution in [-0.4, -0.2) is 58.6 Å². The van der Waals surface area contributed by atoms with Crippen molar-refractivity contribution in [2.24, 2.45) is 5.41 Å². The summed E-state index contributed by atoms with van der Waals surface area (Å²) < 4.78 is 32.5. The molecule has 6 nitrogen and oxygen atoms in total. The molecule has 1 atom stereocenters. The van der Waals surface area contributed by atoms with E-state index in [9.17, 15) is 23.8 Å². The summed E-state index contributed by atoms with van der Waals surface area (Å²) in [7, 11) is 1.56. The number of nitrogens with zero attached hydrogens (tertiary/aromatic N) is 2. The maximum absolute atomic E-state index is 13.8. The highest BCUT2D eigenvalue weighted by Gasteiger charge is 2.41. The quantitative estimate of drug-likeness (QED) is 0.208. The van der Waals surface area contributed by atoms with Crippen LogP contribution in [-0.2, 0) is 4.79 Å². The van der Waals surface area contributed by atoms with Crippen LogP contribution in [0.1, 0.15) is 43.8 Å². The predicted molar refractivity (Wildman–Crippen MR) is 145 cm³/mol. The van der Waals surface area contributed by atoms with Crippen LogP contribution in [0.3, 0.4) is 0 Å². The molecule has 10 heteroatoms. The number of aliphatic carboxylic acids is 1. The van der Waals surface area contributed by atoms with Crippen molar-refractivity contribution in [2.45, 2.75) is 43.1 Å². The number of carboxylic acids is 1. The van der Waals surface area contributed by atoms with Crippen molar-refractivity contribution in [2.75, 3.05) is 32.5 Å². The highest BCUT2D eigenvalue weighted by Crippen LogP contribution is 2.41. The normalized spacial score (nSPS) is 16.4. The number of carbonyl (C=O) groups is 1. The topological polar surface area (TPSA) is 82.9 Å². The maximum Gasteiger partial charge on any atom is 0.309 e. The van der Waals surface area contributed by atoms with Gasteiger partial charge >= 0.3 is 5.97 Å². The average molecular weight is 565 g/mol. The van der Waals surface area contributed by atoms with Crippen LogP contribution in [0.2, 0.25) is 5.02 Å². The Morgan fingerprint density at radius 3 is 2.74 bits per heavy atom. The maximum atomic E-state index is 13.8. The average Bonchev–Trinajstić information content (AvgIpc) is 2.92. The van der Waals surface area contributed by atoms with E-state index in [2.05, 4.69) is 9.88 Å². The Morgan fingerprint density at radius 1 is 1.26 bits per heavy atom. The van der Waals surface area contributed by atoms with E-state index < -0.39 is 29.1 Å². The van der Waals surface area contributed by atoms with Gasteiger partial charge in [-0.25, -0.2) is 8.78 Å². The Morgan fingerprint density at radius 2 is 2.03 bits per heavy atom. The van der Waals surface area contributed by atoms with E-state index in [-0.39, 0.29) is 6.42 Å². The van der Waals surface area contributed by atoms with Crippen molar-refractivity contribution < 1.29 is 28.5 Å². The molecule has 0 saturated carbocycles. The molecule has 1 fully saturated rings. The number of ether oxygens (including phenoxy) is 1. The number of likely N-dealkylation sites (tertiary alicyclic amines) is 1. The number of aliphatic hydroxyl groups is 1. The SMILES string of the molecule is COc1ccc2ncc(Cl)c(C(O)CCC3(C(=O)O)CCN(CCCSc4cccc(F)c4F)CC3)c2c1. The van der Waals surface area contributed by atoms with Crippen LogP contribution in [0.4, 0.5) is 8.78 Å². The fourth-order valence-corrected chi connectivity index (χ4v) is 6.20. The zero-order chi connectivity index (χ0) is 27.3. The van der Waals surface area contributed by atoms with Gasteiger partial charge in [0.25, 0.3) is 0 Å². The molecule has 4 rings (SSSR count). The molecule has 0 radical (unpaired) electrons. The molecule has 38 heavy (non-hydrogen) atoms. The summed E-state index contributed by atoms with van der Waals surface area (Å²) in [5, 5.41) is 22.2. The molecule has 0 amide bonds. The summed E-state index contributed by atoms with van der Waals surface area (Å²) >= 11 is 7.70. The van der Waals surface area contributed by atoms with E-state index in [1.165, 1.54) is 24.0 Å². The number of fused-ring (bicyclic) bond motifs is 1. The molecule has 204 valence electrons. The number of carboxylic acid groups (broad SMARTS) is 1. The zero-order valence-electron chi connectivity index (χ0n) is 21.1. The third-order valence-electron chi connectivity index (χ3n) is 7.36. The minimum absolute atomic E-state index is 0.248. The Balaban J connectivity index is 1.33. The fourth-order valence-electron chi connectivity index (χ4n) is 5.03. The lowest BCUT2D eigenvalue weighted by Crippen LogP contribution is -2.44. The molecule has 0 bridgehead atoms. The van der Waals surface area contributed by atoms with Crippen LogP contribution in [0.25, 0.3) is 10.9 Å². The van der Waals surface area contributed by atoms with E-state index in [0.717, 1.165) is 19.0 Å². The molecule has 1 unspecified atom stereocenters. The van der Waals surface area contributed by atoms with Gasteiger partial charge in [0.1, 0.15) is 5.75 Å². The van der Waals surface area contributed by atoms with Crippen molar-refractivity contribution in [3.8, 4) is 5.75 Å². The minimum Gasteiger partial charge on any atom is -0.497 e. The van der Waals surface area contributed by atoms with Crippen LogP contribution >= 0.6 is 23.4 Å². The number of aliphatic hydroxyl groups excluding tert-OH is 1. The molecule has 0 aliphatic carbocycles. The second-order valence-electron chi connectivity index (χ2n) is 9.64. The Labute approximate surface area is 230 Å². The first-order valence-electron chi connectivity index (χ1n) is 12.6. The monoisotopic (exact) mass is 564 g/mol. The van der Waals surface area contributed by atoms with E-state index in [1.807, 2.05) is 0 Å². The van der Waals surface area contributed by atoms with Crippen molar-refractivity contribution in [1.29, 1.82) is 0 Å². The van der Waals surface area contributed by atoms with Gasteiger partial charge < -0.3 is 19.8 Å². The number of halogens is 3. The van der Waals surface area contributed by atoms with Crippen molar-refractivity contribution >= 4 is 40.2 Å². The van der Waals surface area contributed by atoms with Crippen molar-refractivity contribution in [1.82, 2.24) is 9.88 Å². The number of pyridine rings is 1. The minimum atomic E-state index is -0.949. The lowest BCUT2D eigenvalue weighted by atomic mass is 9.74. The second-order valence-corrected chi connectivity index (χ2v) is 11.2. The van der Waals surface area contributed by atoms with E-state index in [4.69, 9.17) is 16.3 Å². The van der Waals surface area contributed by atoms with E-state index >= 15 is 0 Å². The lowest BCUT2D eigenvalue weighted by Gasteiger charge is -2.39. The Kier molecular flexibility index (Phi) is 9.46. The summed E-state index contributed by atoms with van der Waals surface area (Å²) in [5.74, 6) is -1.26. The first-order valence-corrected chi connectivity index (χ1v) is 13.9. The molecule has 2 aromatic carbocycles. The molecule has 2 heterocycles. The van der Waals surface area contributed by atoms with Gasteiger partial charge in [-0.1, -0.05) is 17.7 Å². The van der Waals surface area contributed by atoms with Crippen LogP contribution in [0.15, 0.2) is 47.5 Å². The molecular formula is C28H31ClF2N2O4S. The highest BCUT2D eigenvalue weighted by molar-refractivity contribution is 7.99. The number of methoxy groups -OCH3 is 1. The van der Waals surface area contributed by atoms with Gasteiger partial charge in [-0.05, 0) is 87.8 Å². The first-order chi connectivity index (χ1) is 18.2. The van der Waals surface area contributed by atoms with Crippen molar-refractivity contribution in [3.63, 3.8) is 0 Å². The van der Waals surface area contributed by atoms with Gasteiger partial charge in [0, 0.05) is 22.0 Å². The third-order valence-corrected chi connectivity index (χ3v) is 8.78. The van der Waals surface area contributed by atoms with Gasteiger partial charge in [-0.2, -0.15) is 0 Å². The standard InChI is InChI=1S/C28H31ClF2N2O4S/c1-37-18-6-7-22-19(16-18)25(20(29)17-32-22)23(34)8-9-28(27(35)36)10-13-33(14-11-28)12-3-15-38-24-5-2-4-21(30)26(24)31/h2,4-7,16-17,23,34H,3,8-15H2,1H3,(H,35,36). The number of benzene rings is 2. The molecule has 1 saturated heterocycles. The van der Waals surface area contributed by atoms with Crippen LogP contribution in [0.5, 0.6) is 5.75 Å². The predicted octanol–water partition coefficient (Wildman–Crippen LogP) is 6.34. The summed E-state index contributed by atoms with van der Waals surface area (Å²) in [6.45, 7) is 2.00. The number of piperidine rings is 1. The van der Waals surface area contributed by atoms with Crippen molar-refractivity contribution in [3.05, 3.63) is 64.8 Å². The highest BCUT2D eigenvalue weighted by atomic mass is 35.5. The smallest absolute Gasteiger partial charge is 0.309 e. The number of aromatic nitrogens is 1. The van der Waals surface area contributed by atoms with Gasteiger partial charge in [-0.15, -0.1) is 11.8 Å². The largest absolute Gasteiger partial charge is 0.497 e. The first kappa shape index (κ1) is 28.5. The number of rotatable bonds is 11. The van der Waals surface area contributed by atoms with Crippen LogP contribution in [0, 0.1) is 17.0 Å². The zero-order valence-corrected chi connectivity index (χ0v) is 22.7. The van der Waals surface area contributed by atoms with Crippen LogP contribution < -0.4 is 4.74 Å². The number of hydrogen-bond donors (Lipinski definition) is 2. The molecule has 1 aliphatic heterocycles. The Hall–Kier alpha value is -2.46. The molecule has 1 aromatic heterocycles. The summed E-state index contributed by atoms with van der Waals surface area (Å²) in [6, 6.07) is 9.52. The van der Waals surface area contributed by atoms with Gasteiger partial charge in [-0.3, -0.25) is 9.78 Å². The second kappa shape index (κ2) is 12.6. The number of hydrogen-bond acceptors (Lipinski definition) is 6. The van der Waals surface area contributed by atoms with Gasteiger partial charge in [0.2, 0.25) is 0 Å². The van der Waals surface area contributed by atoms with E-state index in [0.29, 0.717) is 70.2 Å². The van der Waals surface area contributed by atoms with Gasteiger partial charge in [0.05, 0.1) is 29.2 Å². The third kappa shape index (κ3) is 6.39. The fraction of sp³-hybridized carbons (Fsp3) is 0.429. The van der Waals surface area contributed by atoms with Gasteiger partial charge in [0.15, 0.2) is 11.6 Å². The molecule has 1 aliphatic rings. The molecule has 2 N–H and O–H groups in total. The number of thioether (sulfide) groups is 1. The molecule has 0 spiro atoms. The summed E-state index contributed by atoms with van der Waals surface area (Å²) in [4.78, 5) is 19.2.